The third kappa shape index (κ3) is 2.25. The maximum atomic E-state index is 6.05. The van der Waals surface area contributed by atoms with E-state index in [2.05, 4.69) is 33.7 Å². The monoisotopic (exact) mass is 303 g/mol. The van der Waals surface area contributed by atoms with Gasteiger partial charge in [-0.25, -0.2) is 9.97 Å². The molecular weight excluding hydrogens is 290 g/mol. The molecule has 102 valence electrons. The highest BCUT2D eigenvalue weighted by atomic mass is 35.5. The van der Waals surface area contributed by atoms with Crippen molar-refractivity contribution in [3.63, 3.8) is 0 Å². The SMILES string of the molecule is CCc1ccsc1-c1nc(NC)c2cc(Cl)ccc2n1. The molecule has 3 rings (SSSR count). The van der Waals surface area contributed by atoms with E-state index in [1.807, 2.05) is 25.2 Å². The molecule has 20 heavy (non-hydrogen) atoms. The van der Waals surface area contributed by atoms with Gasteiger partial charge < -0.3 is 5.32 Å². The summed E-state index contributed by atoms with van der Waals surface area (Å²) in [7, 11) is 1.86. The molecule has 0 aliphatic heterocycles. The molecule has 0 aliphatic rings. The smallest absolute Gasteiger partial charge is 0.172 e. The minimum atomic E-state index is 0.690. The molecule has 1 aromatic carbocycles. The number of aryl methyl sites for hydroxylation is 1. The van der Waals surface area contributed by atoms with Crippen LogP contribution in [0.15, 0.2) is 29.6 Å². The van der Waals surface area contributed by atoms with Crippen molar-refractivity contribution in [2.45, 2.75) is 13.3 Å². The third-order valence-corrected chi connectivity index (χ3v) is 4.41. The van der Waals surface area contributed by atoms with Crippen LogP contribution < -0.4 is 5.32 Å². The zero-order chi connectivity index (χ0) is 14.1. The molecule has 0 unspecified atom stereocenters. The first kappa shape index (κ1) is 13.3. The van der Waals surface area contributed by atoms with Crippen LogP contribution in [-0.4, -0.2) is 17.0 Å². The highest BCUT2D eigenvalue weighted by molar-refractivity contribution is 7.13. The molecule has 0 atom stereocenters. The van der Waals surface area contributed by atoms with Crippen LogP contribution in [0.3, 0.4) is 0 Å². The molecule has 1 N–H and O–H groups in total. The van der Waals surface area contributed by atoms with Crippen LogP contribution in [0, 0.1) is 0 Å². The maximum absolute atomic E-state index is 6.05. The van der Waals surface area contributed by atoms with Crippen LogP contribution in [0.25, 0.3) is 21.6 Å². The van der Waals surface area contributed by atoms with Gasteiger partial charge in [0.1, 0.15) is 5.82 Å². The number of aromatic nitrogens is 2. The summed E-state index contributed by atoms with van der Waals surface area (Å²) < 4.78 is 0. The van der Waals surface area contributed by atoms with Crippen molar-refractivity contribution in [1.29, 1.82) is 0 Å². The van der Waals surface area contributed by atoms with E-state index in [0.717, 1.165) is 33.8 Å². The molecule has 0 aliphatic carbocycles. The summed E-state index contributed by atoms with van der Waals surface area (Å²) in [5.41, 5.74) is 2.18. The first-order valence-corrected chi connectivity index (χ1v) is 7.70. The van der Waals surface area contributed by atoms with Crippen LogP contribution in [0.2, 0.25) is 5.02 Å². The summed E-state index contributed by atoms with van der Waals surface area (Å²) in [5.74, 6) is 1.58. The van der Waals surface area contributed by atoms with E-state index in [-0.39, 0.29) is 0 Å². The Labute approximate surface area is 126 Å². The highest BCUT2D eigenvalue weighted by Crippen LogP contribution is 2.31. The van der Waals surface area contributed by atoms with E-state index in [4.69, 9.17) is 11.6 Å². The van der Waals surface area contributed by atoms with Crippen molar-refractivity contribution >= 4 is 39.7 Å². The van der Waals surface area contributed by atoms with Crippen molar-refractivity contribution in [2.24, 2.45) is 0 Å². The Hall–Kier alpha value is -1.65. The fourth-order valence-electron chi connectivity index (χ4n) is 2.20. The molecule has 2 aromatic heterocycles. The van der Waals surface area contributed by atoms with E-state index in [1.54, 1.807) is 11.3 Å². The van der Waals surface area contributed by atoms with Crippen molar-refractivity contribution in [2.75, 3.05) is 12.4 Å². The van der Waals surface area contributed by atoms with Gasteiger partial charge in [-0.1, -0.05) is 18.5 Å². The largest absolute Gasteiger partial charge is 0.373 e. The van der Waals surface area contributed by atoms with Gasteiger partial charge in [0.15, 0.2) is 5.82 Å². The summed E-state index contributed by atoms with van der Waals surface area (Å²) in [5, 5.41) is 6.85. The molecule has 0 saturated heterocycles. The van der Waals surface area contributed by atoms with Gasteiger partial charge in [-0.2, -0.15) is 0 Å². The van der Waals surface area contributed by atoms with E-state index in [0.29, 0.717) is 5.02 Å². The Morgan fingerprint density at radius 2 is 2.10 bits per heavy atom. The predicted molar refractivity (Wildman–Crippen MR) is 86.8 cm³/mol. The number of nitrogens with one attached hydrogen (secondary N) is 1. The number of thiophene rings is 1. The number of rotatable bonds is 3. The second-order valence-electron chi connectivity index (χ2n) is 4.44. The lowest BCUT2D eigenvalue weighted by molar-refractivity contribution is 1.14. The number of nitrogens with zero attached hydrogens (tertiary/aromatic N) is 2. The molecular formula is C15H14ClN3S. The molecule has 3 nitrogen and oxygen atoms in total. The van der Waals surface area contributed by atoms with E-state index in [1.165, 1.54) is 5.56 Å². The van der Waals surface area contributed by atoms with Crippen molar-refractivity contribution in [3.05, 3.63) is 40.2 Å². The summed E-state index contributed by atoms with van der Waals surface area (Å²) in [6.07, 6.45) is 0.982. The average Bonchev–Trinajstić information content (AvgIpc) is 2.94. The number of benzene rings is 1. The van der Waals surface area contributed by atoms with E-state index < -0.39 is 0 Å². The molecule has 2 heterocycles. The Kier molecular flexibility index (Phi) is 3.59. The lowest BCUT2D eigenvalue weighted by atomic mass is 10.2. The number of anilines is 1. The molecule has 0 radical (unpaired) electrons. The molecule has 0 fully saturated rings. The number of halogens is 1. The fourth-order valence-corrected chi connectivity index (χ4v) is 3.30. The lowest BCUT2D eigenvalue weighted by Gasteiger charge is -2.08. The first-order valence-electron chi connectivity index (χ1n) is 6.44. The van der Waals surface area contributed by atoms with Crippen molar-refractivity contribution in [1.82, 2.24) is 9.97 Å². The third-order valence-electron chi connectivity index (χ3n) is 3.23. The van der Waals surface area contributed by atoms with Gasteiger partial charge in [0.25, 0.3) is 0 Å². The Bertz CT molecular complexity index is 767. The maximum Gasteiger partial charge on any atom is 0.172 e. The molecule has 0 saturated carbocycles. The van der Waals surface area contributed by atoms with Crippen LogP contribution in [-0.2, 0) is 6.42 Å². The van der Waals surface area contributed by atoms with Gasteiger partial charge in [-0.05, 0) is 41.6 Å². The van der Waals surface area contributed by atoms with E-state index in [9.17, 15) is 0 Å². The summed E-state index contributed by atoms with van der Waals surface area (Å²) >= 11 is 7.73. The van der Waals surface area contributed by atoms with Crippen molar-refractivity contribution in [3.8, 4) is 10.7 Å². The first-order chi connectivity index (χ1) is 9.72. The Balaban J connectivity index is 2.25. The zero-order valence-corrected chi connectivity index (χ0v) is 12.8. The number of fused-ring (bicyclic) bond motifs is 1. The van der Waals surface area contributed by atoms with Gasteiger partial charge >= 0.3 is 0 Å². The predicted octanol–water partition coefficient (Wildman–Crippen LogP) is 4.62. The second kappa shape index (κ2) is 5.38. The van der Waals surface area contributed by atoms with Gasteiger partial charge in [0.2, 0.25) is 0 Å². The number of hydrogen-bond donors (Lipinski definition) is 1. The zero-order valence-electron chi connectivity index (χ0n) is 11.3. The second-order valence-corrected chi connectivity index (χ2v) is 5.79. The highest BCUT2D eigenvalue weighted by Gasteiger charge is 2.12. The van der Waals surface area contributed by atoms with Crippen LogP contribution in [0.4, 0.5) is 5.82 Å². The summed E-state index contributed by atoms with van der Waals surface area (Å²) in [6, 6.07) is 7.81. The molecule has 0 bridgehead atoms. The minimum absolute atomic E-state index is 0.690. The minimum Gasteiger partial charge on any atom is -0.373 e. The van der Waals surface area contributed by atoms with Crippen LogP contribution in [0.1, 0.15) is 12.5 Å². The fraction of sp³-hybridized carbons (Fsp3) is 0.200. The lowest BCUT2D eigenvalue weighted by Crippen LogP contribution is -1.99. The van der Waals surface area contributed by atoms with Gasteiger partial charge in [-0.15, -0.1) is 11.3 Å². The van der Waals surface area contributed by atoms with Crippen LogP contribution >= 0.6 is 22.9 Å². The molecule has 3 aromatic rings. The van der Waals surface area contributed by atoms with Gasteiger partial charge in [0.05, 0.1) is 10.4 Å². The van der Waals surface area contributed by atoms with E-state index >= 15 is 0 Å². The van der Waals surface area contributed by atoms with Gasteiger partial charge in [-0.3, -0.25) is 0 Å². The standard InChI is InChI=1S/C15H14ClN3S/c1-3-9-6-7-20-13(9)15-18-12-5-4-10(16)8-11(12)14(17-2)19-15/h4-8H,3H2,1-2H3,(H,17,18,19). The normalized spacial score (nSPS) is 10.9. The van der Waals surface area contributed by atoms with Crippen LogP contribution in [0.5, 0.6) is 0 Å². The molecule has 5 heteroatoms. The summed E-state index contributed by atoms with van der Waals surface area (Å²) in [6.45, 7) is 2.14. The van der Waals surface area contributed by atoms with Crippen molar-refractivity contribution < 1.29 is 0 Å². The summed E-state index contributed by atoms with van der Waals surface area (Å²) in [4.78, 5) is 10.5. The number of hydrogen-bond acceptors (Lipinski definition) is 4. The van der Waals surface area contributed by atoms with Gasteiger partial charge in [0, 0.05) is 17.5 Å². The Morgan fingerprint density at radius 1 is 1.25 bits per heavy atom. The Morgan fingerprint density at radius 3 is 2.85 bits per heavy atom. The molecule has 0 spiro atoms. The average molecular weight is 304 g/mol. The quantitative estimate of drug-likeness (QED) is 0.767. The molecule has 0 amide bonds. The topological polar surface area (TPSA) is 37.8 Å².